The molecule has 2 heterocycles. The molecule has 0 radical (unpaired) electrons. The average Bonchev–Trinajstić information content (AvgIpc) is 3.27. The van der Waals surface area contributed by atoms with Crippen LogP contribution in [0, 0.1) is 0 Å². The second-order valence-corrected chi connectivity index (χ2v) is 7.64. The van der Waals surface area contributed by atoms with Crippen LogP contribution in [-0.4, -0.2) is 53.8 Å². The number of amides is 2. The fourth-order valence-electron chi connectivity index (χ4n) is 3.45. The maximum atomic E-state index is 11.9. The summed E-state index contributed by atoms with van der Waals surface area (Å²) in [4.78, 5) is 20.5. The van der Waals surface area contributed by atoms with Gasteiger partial charge in [0.15, 0.2) is 0 Å². The van der Waals surface area contributed by atoms with Crippen LogP contribution in [0.1, 0.15) is 18.4 Å². The van der Waals surface area contributed by atoms with Crippen molar-refractivity contribution < 1.29 is 9.32 Å². The first-order chi connectivity index (χ1) is 15.1. The maximum Gasteiger partial charge on any atom is 0.317 e. The number of carbonyl (C=O) groups is 1. The predicted molar refractivity (Wildman–Crippen MR) is 123 cm³/mol. The molecular weight excluding hydrogens is 414 g/mol. The Balaban J connectivity index is 1.37. The molecule has 3 aromatic rings. The molecule has 2 aromatic carbocycles. The van der Waals surface area contributed by atoms with Gasteiger partial charge in [-0.25, -0.2) is 4.79 Å². The van der Waals surface area contributed by atoms with Gasteiger partial charge in [-0.05, 0) is 55.0 Å². The summed E-state index contributed by atoms with van der Waals surface area (Å²) in [5.41, 5.74) is 2.96. The van der Waals surface area contributed by atoms with Crippen LogP contribution in [0.15, 0.2) is 53.1 Å². The van der Waals surface area contributed by atoms with Crippen molar-refractivity contribution in [2.45, 2.75) is 6.92 Å². The number of hydrogen-bond donors (Lipinski definition) is 1. The topological polar surface area (TPSA) is 74.5 Å². The van der Waals surface area contributed by atoms with E-state index < -0.39 is 0 Å². The van der Waals surface area contributed by atoms with Crippen LogP contribution in [0.2, 0.25) is 5.02 Å². The lowest BCUT2D eigenvalue weighted by Gasteiger charge is -2.36. The van der Waals surface area contributed by atoms with Crippen LogP contribution in [0.3, 0.4) is 0 Å². The van der Waals surface area contributed by atoms with Crippen molar-refractivity contribution in [2.75, 3.05) is 37.6 Å². The van der Waals surface area contributed by atoms with E-state index in [0.717, 1.165) is 29.9 Å². The van der Waals surface area contributed by atoms with Crippen molar-refractivity contribution in [3.8, 4) is 11.4 Å². The highest BCUT2D eigenvalue weighted by Gasteiger charge is 2.20. The van der Waals surface area contributed by atoms with E-state index in [9.17, 15) is 4.79 Å². The van der Waals surface area contributed by atoms with Crippen molar-refractivity contribution in [3.63, 3.8) is 0 Å². The lowest BCUT2D eigenvalue weighted by Crippen LogP contribution is -2.51. The van der Waals surface area contributed by atoms with Crippen LogP contribution in [0.25, 0.3) is 23.5 Å². The van der Waals surface area contributed by atoms with Gasteiger partial charge in [-0.1, -0.05) is 28.9 Å². The first kappa shape index (κ1) is 20.9. The Morgan fingerprint density at radius 1 is 1.13 bits per heavy atom. The van der Waals surface area contributed by atoms with Crippen molar-refractivity contribution in [1.82, 2.24) is 20.4 Å². The number of halogens is 1. The molecule has 0 spiro atoms. The van der Waals surface area contributed by atoms with Crippen molar-refractivity contribution in [1.29, 1.82) is 0 Å². The second kappa shape index (κ2) is 9.66. The zero-order valence-corrected chi connectivity index (χ0v) is 18.0. The Bertz CT molecular complexity index is 1060. The van der Waals surface area contributed by atoms with E-state index >= 15 is 0 Å². The molecule has 1 aliphatic rings. The molecular formula is C23H24ClN5O2. The zero-order valence-electron chi connectivity index (χ0n) is 17.3. The third-order valence-corrected chi connectivity index (χ3v) is 5.33. The largest absolute Gasteiger partial charge is 0.368 e. The fourth-order valence-corrected chi connectivity index (χ4v) is 3.65. The molecule has 8 heteroatoms. The molecule has 160 valence electrons. The van der Waals surface area contributed by atoms with E-state index in [1.165, 1.54) is 0 Å². The van der Waals surface area contributed by atoms with Crippen LogP contribution in [0.5, 0.6) is 0 Å². The summed E-state index contributed by atoms with van der Waals surface area (Å²) in [5, 5.41) is 7.61. The molecule has 1 saturated heterocycles. The molecule has 7 nitrogen and oxygen atoms in total. The predicted octanol–water partition coefficient (Wildman–Crippen LogP) is 4.41. The molecule has 4 rings (SSSR count). The highest BCUT2D eigenvalue weighted by molar-refractivity contribution is 6.30. The zero-order chi connectivity index (χ0) is 21.6. The smallest absolute Gasteiger partial charge is 0.317 e. The van der Waals surface area contributed by atoms with Gasteiger partial charge in [0.25, 0.3) is 5.89 Å². The van der Waals surface area contributed by atoms with Gasteiger partial charge in [-0.2, -0.15) is 4.98 Å². The monoisotopic (exact) mass is 437 g/mol. The van der Waals surface area contributed by atoms with Crippen molar-refractivity contribution in [3.05, 3.63) is 65.0 Å². The van der Waals surface area contributed by atoms with E-state index in [1.807, 2.05) is 54.3 Å². The lowest BCUT2D eigenvalue weighted by molar-refractivity contribution is 0.195. The summed E-state index contributed by atoms with van der Waals surface area (Å²) in [7, 11) is 0. The van der Waals surface area contributed by atoms with Gasteiger partial charge in [-0.15, -0.1) is 0 Å². The van der Waals surface area contributed by atoms with Gasteiger partial charge in [0.05, 0.1) is 0 Å². The van der Waals surface area contributed by atoms with Crippen LogP contribution < -0.4 is 10.2 Å². The van der Waals surface area contributed by atoms with E-state index in [1.54, 1.807) is 6.08 Å². The Labute approximate surface area is 186 Å². The molecule has 2 amide bonds. The number of benzene rings is 2. The first-order valence-electron chi connectivity index (χ1n) is 10.3. The standard InChI is InChI=1S/C23H24ClN5O2/c1-2-25-23(30)29-14-12-28(13-15-29)20-9-7-18(8-10-20)22-26-21(31-27-22)11-6-17-4-3-5-19(24)16-17/h3-11,16H,2,12-15H2,1H3,(H,25,30)/b11-6+. The van der Waals surface area contributed by atoms with E-state index in [0.29, 0.717) is 36.4 Å². The molecule has 0 unspecified atom stereocenters. The van der Waals surface area contributed by atoms with Gasteiger partial charge in [0.1, 0.15) is 0 Å². The number of piperazine rings is 1. The Morgan fingerprint density at radius 2 is 1.90 bits per heavy atom. The van der Waals surface area contributed by atoms with Crippen molar-refractivity contribution >= 4 is 35.5 Å². The Kier molecular flexibility index (Phi) is 6.52. The maximum absolute atomic E-state index is 11.9. The summed E-state index contributed by atoms with van der Waals surface area (Å²) in [6.07, 6.45) is 3.65. The number of aromatic nitrogens is 2. The summed E-state index contributed by atoms with van der Waals surface area (Å²) in [6, 6.07) is 15.6. The summed E-state index contributed by atoms with van der Waals surface area (Å²) in [6.45, 7) is 5.60. The van der Waals surface area contributed by atoms with E-state index in [-0.39, 0.29) is 6.03 Å². The first-order valence-corrected chi connectivity index (χ1v) is 10.7. The van der Waals surface area contributed by atoms with Crippen LogP contribution in [0.4, 0.5) is 10.5 Å². The lowest BCUT2D eigenvalue weighted by atomic mass is 10.1. The van der Waals surface area contributed by atoms with E-state index in [2.05, 4.69) is 32.5 Å². The number of anilines is 1. The quantitative estimate of drug-likeness (QED) is 0.639. The van der Waals surface area contributed by atoms with Crippen LogP contribution in [-0.2, 0) is 0 Å². The molecule has 31 heavy (non-hydrogen) atoms. The minimum atomic E-state index is 0.00909. The molecule has 1 N–H and O–H groups in total. The Hall–Kier alpha value is -3.32. The third kappa shape index (κ3) is 5.24. The average molecular weight is 438 g/mol. The third-order valence-electron chi connectivity index (χ3n) is 5.09. The van der Waals surface area contributed by atoms with Gasteiger partial charge in [0.2, 0.25) is 5.82 Å². The number of hydrogen-bond acceptors (Lipinski definition) is 5. The van der Waals surface area contributed by atoms with Gasteiger partial charge >= 0.3 is 6.03 Å². The van der Waals surface area contributed by atoms with E-state index in [4.69, 9.17) is 16.1 Å². The second-order valence-electron chi connectivity index (χ2n) is 7.20. The number of carbonyl (C=O) groups excluding carboxylic acids is 1. The normalized spacial score (nSPS) is 14.3. The Morgan fingerprint density at radius 3 is 2.61 bits per heavy atom. The molecule has 0 bridgehead atoms. The number of rotatable bonds is 5. The van der Waals surface area contributed by atoms with Crippen LogP contribution >= 0.6 is 11.6 Å². The fraction of sp³-hybridized carbons (Fsp3) is 0.261. The highest BCUT2D eigenvalue weighted by atomic mass is 35.5. The summed E-state index contributed by atoms with van der Waals surface area (Å²) < 4.78 is 5.34. The molecule has 0 aliphatic carbocycles. The van der Waals surface area contributed by atoms with Crippen molar-refractivity contribution in [2.24, 2.45) is 0 Å². The van der Waals surface area contributed by atoms with Gasteiger partial charge < -0.3 is 19.6 Å². The molecule has 1 aromatic heterocycles. The molecule has 0 saturated carbocycles. The minimum absolute atomic E-state index is 0.00909. The number of nitrogens with zero attached hydrogens (tertiary/aromatic N) is 4. The molecule has 1 aliphatic heterocycles. The molecule has 1 fully saturated rings. The minimum Gasteiger partial charge on any atom is -0.368 e. The highest BCUT2D eigenvalue weighted by Crippen LogP contribution is 2.23. The number of nitrogens with one attached hydrogen (secondary N) is 1. The summed E-state index contributed by atoms with van der Waals surface area (Å²) >= 11 is 6.00. The summed E-state index contributed by atoms with van der Waals surface area (Å²) in [5.74, 6) is 0.971. The van der Waals surface area contributed by atoms with Gasteiger partial charge in [-0.3, -0.25) is 0 Å². The number of urea groups is 1. The SMILES string of the molecule is CCNC(=O)N1CCN(c2ccc(-c3noc(/C=C/c4cccc(Cl)c4)n3)cc2)CC1. The molecule has 0 atom stereocenters. The van der Waals surface area contributed by atoms with Gasteiger partial charge in [0, 0.05) is 55.1 Å².